The van der Waals surface area contributed by atoms with Gasteiger partial charge in [0.05, 0.1) is 0 Å². The molecule has 0 saturated carbocycles. The third kappa shape index (κ3) is 4.56. The van der Waals surface area contributed by atoms with E-state index < -0.39 is 5.91 Å². The first-order chi connectivity index (χ1) is 15.5. The van der Waals surface area contributed by atoms with Gasteiger partial charge in [-0.1, -0.05) is 48.0 Å². The molecule has 3 aromatic rings. The molecule has 0 fully saturated rings. The number of nitrogens with zero attached hydrogens (tertiary/aromatic N) is 1. The summed E-state index contributed by atoms with van der Waals surface area (Å²) < 4.78 is 13.4. The van der Waals surface area contributed by atoms with Crippen molar-refractivity contribution in [1.82, 2.24) is 10.4 Å². The molecule has 2 amide bonds. The molecule has 2 N–H and O–H groups in total. The summed E-state index contributed by atoms with van der Waals surface area (Å²) in [5, 5.41) is 9.35. The number of nitrogens with one attached hydrogen (secondary N) is 1. The number of fused-ring (bicyclic) bond motifs is 1. The fraction of sp³-hybridized carbons (Fsp3) is 0.120. The van der Waals surface area contributed by atoms with Crippen molar-refractivity contribution in [3.8, 4) is 0 Å². The maximum absolute atomic E-state index is 13.6. The Morgan fingerprint density at radius 2 is 1.78 bits per heavy atom. The van der Waals surface area contributed by atoms with Gasteiger partial charge in [0.2, 0.25) is 0 Å². The van der Waals surface area contributed by atoms with Crippen LogP contribution in [-0.4, -0.2) is 28.5 Å². The van der Waals surface area contributed by atoms with E-state index >= 15 is 0 Å². The van der Waals surface area contributed by atoms with E-state index in [1.165, 1.54) is 12.1 Å². The predicted octanol–water partition coefficient (Wildman–Crippen LogP) is 4.72. The normalized spacial score (nSPS) is 13.5. The second kappa shape index (κ2) is 9.34. The number of hydrogen-bond acceptors (Lipinski definition) is 3. The molecular formula is C25H20ClFN2O3. The molecule has 0 aromatic heterocycles. The summed E-state index contributed by atoms with van der Waals surface area (Å²) in [7, 11) is 0. The highest BCUT2D eigenvalue weighted by Crippen LogP contribution is 2.30. The number of benzene rings is 3. The van der Waals surface area contributed by atoms with Gasteiger partial charge < -0.3 is 4.90 Å². The van der Waals surface area contributed by atoms with Gasteiger partial charge >= 0.3 is 0 Å². The molecule has 3 aromatic carbocycles. The largest absolute Gasteiger partial charge is 0.334 e. The topological polar surface area (TPSA) is 69.6 Å². The fourth-order valence-corrected chi connectivity index (χ4v) is 4.00. The van der Waals surface area contributed by atoms with Crippen molar-refractivity contribution in [2.24, 2.45) is 0 Å². The lowest BCUT2D eigenvalue weighted by atomic mass is 9.95. The molecule has 0 aliphatic carbocycles. The van der Waals surface area contributed by atoms with Crippen LogP contribution in [0, 0.1) is 5.82 Å². The molecule has 4 rings (SSSR count). The molecule has 0 radical (unpaired) electrons. The van der Waals surface area contributed by atoms with Gasteiger partial charge in [0.1, 0.15) is 5.82 Å². The van der Waals surface area contributed by atoms with Crippen LogP contribution in [0.3, 0.4) is 0 Å². The van der Waals surface area contributed by atoms with Gasteiger partial charge in [-0.05, 0) is 59.5 Å². The highest BCUT2D eigenvalue weighted by atomic mass is 35.5. The third-order valence-electron chi connectivity index (χ3n) is 5.44. The van der Waals surface area contributed by atoms with E-state index in [-0.39, 0.29) is 11.7 Å². The Hall–Kier alpha value is -3.48. The van der Waals surface area contributed by atoms with Gasteiger partial charge in [-0.2, -0.15) is 0 Å². The first-order valence-electron chi connectivity index (χ1n) is 10.0. The Morgan fingerprint density at radius 1 is 1.03 bits per heavy atom. The molecule has 1 aliphatic heterocycles. The van der Waals surface area contributed by atoms with Crippen LogP contribution in [0.5, 0.6) is 0 Å². The van der Waals surface area contributed by atoms with E-state index in [1.54, 1.807) is 65.0 Å². The summed E-state index contributed by atoms with van der Waals surface area (Å²) in [5.41, 5.74) is 5.49. The Bertz CT molecular complexity index is 1210. The number of rotatable bonds is 4. The van der Waals surface area contributed by atoms with Crippen LogP contribution in [-0.2, 0) is 17.8 Å². The summed E-state index contributed by atoms with van der Waals surface area (Å²) in [6.45, 7) is 0.814. The van der Waals surface area contributed by atoms with E-state index in [4.69, 9.17) is 16.8 Å². The van der Waals surface area contributed by atoms with Crippen LogP contribution in [0.2, 0.25) is 5.02 Å². The quantitative estimate of drug-likeness (QED) is 0.261. The highest BCUT2D eigenvalue weighted by Gasteiger charge is 2.26. The van der Waals surface area contributed by atoms with Crippen molar-refractivity contribution in [2.45, 2.75) is 13.0 Å². The molecule has 7 heteroatoms. The third-order valence-corrected chi connectivity index (χ3v) is 5.77. The molecule has 0 bridgehead atoms. The average molecular weight is 451 g/mol. The fourth-order valence-electron chi connectivity index (χ4n) is 3.77. The Kier molecular flexibility index (Phi) is 6.35. The minimum atomic E-state index is -0.607. The van der Waals surface area contributed by atoms with Crippen molar-refractivity contribution >= 4 is 35.1 Å². The molecule has 0 unspecified atom stereocenters. The van der Waals surface area contributed by atoms with Gasteiger partial charge in [-0.15, -0.1) is 0 Å². The van der Waals surface area contributed by atoms with Crippen LogP contribution < -0.4 is 5.48 Å². The standard InChI is InChI=1S/C25H20ClFN2O3/c26-23-4-2-1-3-21(23)22(13-16-5-9-20(27)10-6-16)25(31)29-12-11-17-7-8-18(24(30)28-32)14-19(17)15-29/h1-10,13-14,32H,11-12,15H2,(H,28,30)/b22-13-. The van der Waals surface area contributed by atoms with Crippen molar-refractivity contribution < 1.29 is 19.2 Å². The molecule has 32 heavy (non-hydrogen) atoms. The van der Waals surface area contributed by atoms with Gasteiger partial charge in [-0.3, -0.25) is 14.8 Å². The van der Waals surface area contributed by atoms with Gasteiger partial charge in [0.15, 0.2) is 0 Å². The number of hydrogen-bond donors (Lipinski definition) is 2. The van der Waals surface area contributed by atoms with E-state index in [0.717, 1.165) is 11.1 Å². The Labute approximate surface area is 189 Å². The molecule has 0 atom stereocenters. The second-order valence-corrected chi connectivity index (χ2v) is 7.90. The molecule has 1 heterocycles. The van der Waals surface area contributed by atoms with Crippen molar-refractivity contribution in [3.05, 3.63) is 105 Å². The van der Waals surface area contributed by atoms with Gasteiger partial charge in [-0.25, -0.2) is 9.87 Å². The first-order valence-corrected chi connectivity index (χ1v) is 10.4. The summed E-state index contributed by atoms with van der Waals surface area (Å²) in [6.07, 6.45) is 2.34. The summed E-state index contributed by atoms with van der Waals surface area (Å²) in [6, 6.07) is 18.1. The van der Waals surface area contributed by atoms with Gasteiger partial charge in [0.25, 0.3) is 11.8 Å². The van der Waals surface area contributed by atoms with Crippen LogP contribution in [0.4, 0.5) is 4.39 Å². The lowest BCUT2D eigenvalue weighted by Crippen LogP contribution is -2.36. The average Bonchev–Trinajstić information content (AvgIpc) is 2.82. The zero-order valence-electron chi connectivity index (χ0n) is 17.0. The maximum Gasteiger partial charge on any atom is 0.274 e. The zero-order valence-corrected chi connectivity index (χ0v) is 17.8. The van der Waals surface area contributed by atoms with E-state index in [9.17, 15) is 14.0 Å². The van der Waals surface area contributed by atoms with Crippen LogP contribution in [0.1, 0.15) is 32.6 Å². The minimum Gasteiger partial charge on any atom is -0.334 e. The summed E-state index contributed by atoms with van der Waals surface area (Å²) in [5.74, 6) is -1.18. The lowest BCUT2D eigenvalue weighted by molar-refractivity contribution is -0.125. The molecule has 0 spiro atoms. The molecule has 0 saturated heterocycles. The Balaban J connectivity index is 1.70. The predicted molar refractivity (Wildman–Crippen MR) is 121 cm³/mol. The van der Waals surface area contributed by atoms with Crippen LogP contribution in [0.15, 0.2) is 66.7 Å². The molecular weight excluding hydrogens is 431 g/mol. The minimum absolute atomic E-state index is 0.218. The number of carbonyl (C=O) groups excluding carboxylic acids is 2. The van der Waals surface area contributed by atoms with Crippen molar-refractivity contribution in [3.63, 3.8) is 0 Å². The van der Waals surface area contributed by atoms with Crippen molar-refractivity contribution in [1.29, 1.82) is 0 Å². The molecule has 1 aliphatic rings. The second-order valence-electron chi connectivity index (χ2n) is 7.49. The van der Waals surface area contributed by atoms with E-state index in [2.05, 4.69) is 0 Å². The SMILES string of the molecule is O=C(NO)c1ccc2c(c1)CN(C(=O)/C(=C\c1ccc(F)cc1)c1ccccc1Cl)CC2. The number of halogens is 2. The van der Waals surface area contributed by atoms with Crippen molar-refractivity contribution in [2.75, 3.05) is 6.54 Å². The summed E-state index contributed by atoms with van der Waals surface area (Å²) >= 11 is 6.41. The van der Waals surface area contributed by atoms with Crippen LogP contribution in [0.25, 0.3) is 11.6 Å². The Morgan fingerprint density at radius 3 is 2.50 bits per heavy atom. The highest BCUT2D eigenvalue weighted by molar-refractivity contribution is 6.36. The zero-order chi connectivity index (χ0) is 22.7. The number of hydroxylamine groups is 1. The van der Waals surface area contributed by atoms with E-state index in [1.807, 2.05) is 6.07 Å². The summed E-state index contributed by atoms with van der Waals surface area (Å²) in [4.78, 5) is 27.1. The van der Waals surface area contributed by atoms with Crippen LogP contribution >= 0.6 is 11.6 Å². The van der Waals surface area contributed by atoms with Gasteiger partial charge in [0, 0.05) is 34.8 Å². The lowest BCUT2D eigenvalue weighted by Gasteiger charge is -2.30. The number of amides is 2. The molecule has 162 valence electrons. The first kappa shape index (κ1) is 21.7. The smallest absolute Gasteiger partial charge is 0.274 e. The maximum atomic E-state index is 13.6. The van der Waals surface area contributed by atoms with E-state index in [0.29, 0.717) is 46.8 Å². The monoisotopic (exact) mass is 450 g/mol. The number of carbonyl (C=O) groups is 2. The molecule has 5 nitrogen and oxygen atoms in total.